The van der Waals surface area contributed by atoms with Crippen LogP contribution >= 0.6 is 0 Å². The Bertz CT molecular complexity index is 326. The van der Waals surface area contributed by atoms with Gasteiger partial charge in [0.25, 0.3) is 0 Å². The van der Waals surface area contributed by atoms with E-state index in [-0.39, 0.29) is 0 Å². The molecule has 0 radical (unpaired) electrons. The second-order valence-electron chi connectivity index (χ2n) is 4.73. The van der Waals surface area contributed by atoms with Crippen LogP contribution in [0.4, 0.5) is 5.69 Å². The molecule has 2 N–H and O–H groups in total. The normalized spacial score (nSPS) is 12.7. The molecule has 0 aromatic heterocycles. The molecule has 0 aliphatic rings. The fourth-order valence-corrected chi connectivity index (χ4v) is 1.75. The van der Waals surface area contributed by atoms with Gasteiger partial charge in [-0.15, -0.1) is 0 Å². The largest absolute Gasteiger partial charge is 0.491 e. The minimum absolute atomic E-state index is 0.291. The first-order valence-electron chi connectivity index (χ1n) is 6.18. The lowest BCUT2D eigenvalue weighted by molar-refractivity contribution is 0.0331. The molecule has 1 unspecified atom stereocenters. The third-order valence-corrected chi connectivity index (χ3v) is 2.42. The maximum absolute atomic E-state index is 5.65. The van der Waals surface area contributed by atoms with E-state index in [4.69, 9.17) is 15.2 Å². The molecule has 0 bridgehead atoms. The molecule has 17 heavy (non-hydrogen) atoms. The number of ether oxygens (including phenoxy) is 2. The van der Waals surface area contributed by atoms with Gasteiger partial charge in [-0.1, -0.05) is 19.9 Å². The van der Waals surface area contributed by atoms with Crippen molar-refractivity contribution >= 4 is 5.69 Å². The maximum Gasteiger partial charge on any atom is 0.121 e. The van der Waals surface area contributed by atoms with E-state index in [9.17, 15) is 0 Å². The number of benzene rings is 1. The third-order valence-electron chi connectivity index (χ3n) is 2.42. The summed E-state index contributed by atoms with van der Waals surface area (Å²) in [7, 11) is 0. The highest BCUT2D eigenvalue weighted by molar-refractivity contribution is 5.43. The molecular formula is C14H23NO2. The first kappa shape index (κ1) is 13.8. The zero-order chi connectivity index (χ0) is 12.7. The van der Waals surface area contributed by atoms with Crippen LogP contribution in [0.5, 0.6) is 5.75 Å². The molecule has 0 saturated heterocycles. The average molecular weight is 237 g/mol. The minimum Gasteiger partial charge on any atom is -0.491 e. The first-order valence-corrected chi connectivity index (χ1v) is 6.18. The van der Waals surface area contributed by atoms with E-state index >= 15 is 0 Å². The summed E-state index contributed by atoms with van der Waals surface area (Å²) in [5.41, 5.74) is 6.37. The number of nitrogens with two attached hydrogens (primary N) is 1. The summed E-state index contributed by atoms with van der Waals surface area (Å²) >= 11 is 0. The van der Waals surface area contributed by atoms with Gasteiger partial charge in [0.05, 0.1) is 12.7 Å². The van der Waals surface area contributed by atoms with Crippen LogP contribution in [-0.2, 0) is 4.74 Å². The summed E-state index contributed by atoms with van der Waals surface area (Å²) in [6.07, 6.45) is 1.37. The van der Waals surface area contributed by atoms with E-state index in [0.717, 1.165) is 17.9 Å². The Kier molecular flexibility index (Phi) is 5.84. The molecule has 3 heteroatoms. The van der Waals surface area contributed by atoms with E-state index < -0.39 is 0 Å². The fraction of sp³-hybridized carbons (Fsp3) is 0.571. The highest BCUT2D eigenvalue weighted by Crippen LogP contribution is 2.14. The summed E-state index contributed by atoms with van der Waals surface area (Å²) in [6, 6.07) is 7.44. The average Bonchev–Trinajstić information content (AvgIpc) is 2.23. The second-order valence-corrected chi connectivity index (χ2v) is 4.73. The van der Waals surface area contributed by atoms with Gasteiger partial charge in [-0.25, -0.2) is 0 Å². The molecule has 1 aromatic rings. The van der Waals surface area contributed by atoms with Crippen LogP contribution in [0.25, 0.3) is 0 Å². The van der Waals surface area contributed by atoms with Crippen LogP contribution in [0.2, 0.25) is 0 Å². The zero-order valence-electron chi connectivity index (χ0n) is 11.0. The van der Waals surface area contributed by atoms with Gasteiger partial charge in [0.15, 0.2) is 0 Å². The van der Waals surface area contributed by atoms with Gasteiger partial charge < -0.3 is 15.2 Å². The molecule has 0 aliphatic heterocycles. The Morgan fingerprint density at radius 1 is 1.18 bits per heavy atom. The van der Waals surface area contributed by atoms with Crippen molar-refractivity contribution in [2.75, 3.05) is 18.9 Å². The maximum atomic E-state index is 5.65. The summed E-state index contributed by atoms with van der Waals surface area (Å²) in [5.74, 6) is 1.46. The van der Waals surface area contributed by atoms with Gasteiger partial charge in [-0.05, 0) is 31.4 Å². The summed E-state index contributed by atoms with van der Waals surface area (Å²) in [5, 5.41) is 0. The van der Waals surface area contributed by atoms with Crippen molar-refractivity contribution < 1.29 is 9.47 Å². The van der Waals surface area contributed by atoms with Crippen LogP contribution in [0.15, 0.2) is 24.3 Å². The van der Waals surface area contributed by atoms with Gasteiger partial charge in [-0.2, -0.15) is 0 Å². The van der Waals surface area contributed by atoms with Crippen molar-refractivity contribution in [3.8, 4) is 5.75 Å². The van der Waals surface area contributed by atoms with Crippen LogP contribution < -0.4 is 10.5 Å². The fourth-order valence-electron chi connectivity index (χ4n) is 1.75. The Morgan fingerprint density at radius 2 is 1.94 bits per heavy atom. The van der Waals surface area contributed by atoms with Gasteiger partial charge in [0, 0.05) is 11.8 Å². The van der Waals surface area contributed by atoms with Gasteiger partial charge in [0.2, 0.25) is 0 Å². The van der Waals surface area contributed by atoms with E-state index in [0.29, 0.717) is 25.2 Å². The molecule has 1 rings (SSSR count). The second kappa shape index (κ2) is 7.17. The minimum atomic E-state index is 0.291. The molecule has 1 aromatic carbocycles. The van der Waals surface area contributed by atoms with Crippen molar-refractivity contribution in [1.82, 2.24) is 0 Å². The number of nitrogen functional groups attached to an aromatic ring is 1. The topological polar surface area (TPSA) is 44.5 Å². The van der Waals surface area contributed by atoms with Crippen LogP contribution in [0.1, 0.15) is 27.2 Å². The van der Waals surface area contributed by atoms with Crippen LogP contribution in [-0.4, -0.2) is 19.3 Å². The SMILES string of the molecule is CC(C)CC(C)OCCOc1cccc(N)c1. The van der Waals surface area contributed by atoms with Crippen LogP contribution in [0.3, 0.4) is 0 Å². The van der Waals surface area contributed by atoms with E-state index in [2.05, 4.69) is 20.8 Å². The molecule has 0 amide bonds. The Balaban J connectivity index is 2.16. The predicted octanol–water partition coefficient (Wildman–Crippen LogP) is 3.10. The standard InChI is InChI=1S/C14H23NO2/c1-11(2)9-12(3)16-7-8-17-14-6-4-5-13(15)10-14/h4-6,10-12H,7-9,15H2,1-3H3. The Morgan fingerprint density at radius 3 is 2.59 bits per heavy atom. The highest BCUT2D eigenvalue weighted by Gasteiger charge is 2.04. The lowest BCUT2D eigenvalue weighted by Gasteiger charge is -2.15. The molecular weight excluding hydrogens is 214 g/mol. The number of rotatable bonds is 7. The lowest BCUT2D eigenvalue weighted by atomic mass is 10.1. The zero-order valence-corrected chi connectivity index (χ0v) is 11.0. The summed E-state index contributed by atoms with van der Waals surface area (Å²) in [4.78, 5) is 0. The molecule has 0 heterocycles. The van der Waals surface area contributed by atoms with Crippen molar-refractivity contribution in [3.63, 3.8) is 0 Å². The number of hydrogen-bond acceptors (Lipinski definition) is 3. The highest BCUT2D eigenvalue weighted by atomic mass is 16.5. The van der Waals surface area contributed by atoms with Crippen molar-refractivity contribution in [2.24, 2.45) is 5.92 Å². The number of hydrogen-bond donors (Lipinski definition) is 1. The third kappa shape index (κ3) is 6.17. The Labute approximate surface area is 104 Å². The van der Waals surface area contributed by atoms with Gasteiger partial charge in [-0.3, -0.25) is 0 Å². The van der Waals surface area contributed by atoms with Crippen LogP contribution in [0, 0.1) is 5.92 Å². The monoisotopic (exact) mass is 237 g/mol. The molecule has 3 nitrogen and oxygen atoms in total. The smallest absolute Gasteiger partial charge is 0.121 e. The predicted molar refractivity (Wildman–Crippen MR) is 71.2 cm³/mol. The van der Waals surface area contributed by atoms with E-state index in [1.165, 1.54) is 0 Å². The molecule has 0 saturated carbocycles. The van der Waals surface area contributed by atoms with Crippen molar-refractivity contribution in [1.29, 1.82) is 0 Å². The summed E-state index contributed by atoms with van der Waals surface area (Å²) < 4.78 is 11.2. The molecule has 96 valence electrons. The van der Waals surface area contributed by atoms with Crippen molar-refractivity contribution in [3.05, 3.63) is 24.3 Å². The summed E-state index contributed by atoms with van der Waals surface area (Å²) in [6.45, 7) is 7.67. The van der Waals surface area contributed by atoms with E-state index in [1.807, 2.05) is 24.3 Å². The Hall–Kier alpha value is -1.22. The number of anilines is 1. The molecule has 0 fully saturated rings. The molecule has 1 atom stereocenters. The molecule has 0 spiro atoms. The molecule has 0 aliphatic carbocycles. The quantitative estimate of drug-likeness (QED) is 0.585. The van der Waals surface area contributed by atoms with E-state index in [1.54, 1.807) is 0 Å². The van der Waals surface area contributed by atoms with Gasteiger partial charge >= 0.3 is 0 Å². The lowest BCUT2D eigenvalue weighted by Crippen LogP contribution is -2.16. The van der Waals surface area contributed by atoms with Gasteiger partial charge in [0.1, 0.15) is 12.4 Å². The van der Waals surface area contributed by atoms with Crippen molar-refractivity contribution in [2.45, 2.75) is 33.3 Å². The first-order chi connectivity index (χ1) is 8.08.